The number of fused-ring (bicyclic) bond motifs is 1. The number of hydrogen-bond acceptors (Lipinski definition) is 3. The summed E-state index contributed by atoms with van der Waals surface area (Å²) in [5.41, 5.74) is 0.991. The molecule has 0 bridgehead atoms. The molecule has 0 aliphatic rings. The second-order valence-electron chi connectivity index (χ2n) is 2.82. The van der Waals surface area contributed by atoms with Gasteiger partial charge in [0.1, 0.15) is 5.69 Å². The van der Waals surface area contributed by atoms with E-state index in [-0.39, 0.29) is 5.82 Å². The Morgan fingerprint density at radius 1 is 1.57 bits per heavy atom. The molecule has 0 N–H and O–H groups in total. The molecular weight excluding hydrogens is 250 g/mol. The van der Waals surface area contributed by atoms with Crippen molar-refractivity contribution in [1.82, 2.24) is 9.38 Å². The fourth-order valence-electron chi connectivity index (χ4n) is 1.37. The summed E-state index contributed by atoms with van der Waals surface area (Å²) < 4.78 is 2.09. The maximum Gasteiger partial charge on any atom is 0.351 e. The van der Waals surface area contributed by atoms with Crippen molar-refractivity contribution in [2.45, 2.75) is 6.92 Å². The highest BCUT2D eigenvalue weighted by Crippen LogP contribution is 2.24. The summed E-state index contributed by atoms with van der Waals surface area (Å²) in [5.74, 6) is 0.00692. The smallest absolute Gasteiger partial charge is 0.351 e. The predicted octanol–water partition coefficient (Wildman–Crippen LogP) is 2.31. The molecule has 2 heterocycles. The summed E-state index contributed by atoms with van der Waals surface area (Å²) in [6.45, 7) is 1.62. The van der Waals surface area contributed by atoms with E-state index in [1.54, 1.807) is 25.1 Å². The minimum Gasteiger partial charge on any atom is -0.358 e. The van der Waals surface area contributed by atoms with Gasteiger partial charge in [-0.15, -0.1) is 0 Å². The summed E-state index contributed by atoms with van der Waals surface area (Å²) in [6, 6.07) is 5.25. The molecule has 2 aromatic heterocycles. The molecule has 0 aromatic carbocycles. The zero-order valence-electron chi connectivity index (χ0n) is 7.27. The molecule has 2 rings (SSSR count). The first-order chi connectivity index (χ1) is 6.61. The standard InChI is InChI=1S/C8H6BrN3O2/c1-5-8(12(13)14)11-6(9)3-2-4-7(11)10-5/h2-4H,1H3. The third-order valence-corrected chi connectivity index (χ3v) is 2.53. The van der Waals surface area contributed by atoms with Crippen LogP contribution in [0, 0.1) is 17.0 Å². The van der Waals surface area contributed by atoms with Gasteiger partial charge in [-0.1, -0.05) is 6.07 Å². The maximum atomic E-state index is 10.8. The molecule has 6 heteroatoms. The fraction of sp³-hybridized carbons (Fsp3) is 0.125. The Bertz CT molecular complexity index is 521. The lowest BCUT2D eigenvalue weighted by molar-refractivity contribution is -0.391. The number of imidazole rings is 1. The van der Waals surface area contributed by atoms with Crippen molar-refractivity contribution in [3.63, 3.8) is 0 Å². The largest absolute Gasteiger partial charge is 0.358 e. The molecule has 0 amide bonds. The zero-order valence-corrected chi connectivity index (χ0v) is 8.85. The van der Waals surface area contributed by atoms with Crippen LogP contribution in [0.1, 0.15) is 5.69 Å². The van der Waals surface area contributed by atoms with Crippen LogP contribution in [-0.4, -0.2) is 14.3 Å². The molecule has 0 unspecified atom stereocenters. The van der Waals surface area contributed by atoms with Crippen LogP contribution >= 0.6 is 15.9 Å². The maximum absolute atomic E-state index is 10.8. The van der Waals surface area contributed by atoms with Gasteiger partial charge in [-0.2, -0.15) is 4.40 Å². The highest BCUT2D eigenvalue weighted by molar-refractivity contribution is 9.10. The van der Waals surface area contributed by atoms with Gasteiger partial charge in [0.25, 0.3) is 0 Å². The molecule has 0 radical (unpaired) electrons. The predicted molar refractivity (Wildman–Crippen MR) is 54.3 cm³/mol. The molecule has 0 saturated heterocycles. The van der Waals surface area contributed by atoms with Crippen LogP contribution in [0.15, 0.2) is 22.8 Å². The number of aryl methyl sites for hydroxylation is 1. The molecule has 0 saturated carbocycles. The van der Waals surface area contributed by atoms with Crippen molar-refractivity contribution >= 4 is 27.4 Å². The summed E-state index contributed by atoms with van der Waals surface area (Å²) >= 11 is 3.25. The second-order valence-corrected chi connectivity index (χ2v) is 3.63. The zero-order chi connectivity index (χ0) is 10.3. The van der Waals surface area contributed by atoms with Crippen LogP contribution in [0.3, 0.4) is 0 Å². The Balaban J connectivity index is 2.93. The molecule has 0 aliphatic heterocycles. The van der Waals surface area contributed by atoms with Gasteiger partial charge in [-0.05, 0) is 33.8 Å². The Hall–Kier alpha value is -1.43. The number of halogens is 1. The minimum atomic E-state index is -0.430. The van der Waals surface area contributed by atoms with Crippen LogP contribution in [-0.2, 0) is 0 Å². The molecule has 14 heavy (non-hydrogen) atoms. The SMILES string of the molecule is Cc1nc2cccc(Br)n2c1[N+](=O)[O-]. The summed E-state index contributed by atoms with van der Waals surface area (Å²) in [5, 5.41) is 10.8. The first-order valence-electron chi connectivity index (χ1n) is 3.89. The van der Waals surface area contributed by atoms with Gasteiger partial charge in [-0.25, -0.2) is 4.98 Å². The molecule has 0 aliphatic carbocycles. The average Bonchev–Trinajstić information content (AvgIpc) is 2.42. The lowest BCUT2D eigenvalue weighted by Crippen LogP contribution is -1.96. The van der Waals surface area contributed by atoms with Crippen molar-refractivity contribution < 1.29 is 4.92 Å². The van der Waals surface area contributed by atoms with Crippen molar-refractivity contribution in [2.24, 2.45) is 0 Å². The van der Waals surface area contributed by atoms with E-state index in [2.05, 4.69) is 20.9 Å². The molecular formula is C8H6BrN3O2. The summed E-state index contributed by atoms with van der Waals surface area (Å²) in [4.78, 5) is 14.4. The van der Waals surface area contributed by atoms with Crippen molar-refractivity contribution in [1.29, 1.82) is 0 Å². The van der Waals surface area contributed by atoms with Gasteiger partial charge in [0.15, 0.2) is 4.60 Å². The normalized spacial score (nSPS) is 10.7. The molecule has 0 atom stereocenters. The molecule has 0 spiro atoms. The first-order valence-corrected chi connectivity index (χ1v) is 4.68. The highest BCUT2D eigenvalue weighted by atomic mass is 79.9. The van der Waals surface area contributed by atoms with Gasteiger partial charge in [0.05, 0.1) is 0 Å². The van der Waals surface area contributed by atoms with Crippen LogP contribution < -0.4 is 0 Å². The Morgan fingerprint density at radius 2 is 2.29 bits per heavy atom. The topological polar surface area (TPSA) is 60.4 Å². The van der Waals surface area contributed by atoms with E-state index in [0.29, 0.717) is 15.9 Å². The Kier molecular flexibility index (Phi) is 1.99. The van der Waals surface area contributed by atoms with Gasteiger partial charge >= 0.3 is 5.82 Å². The number of hydrogen-bond donors (Lipinski definition) is 0. The second kappa shape index (κ2) is 3.06. The first kappa shape index (κ1) is 9.14. The van der Waals surface area contributed by atoms with Crippen LogP contribution in [0.5, 0.6) is 0 Å². The van der Waals surface area contributed by atoms with Crippen molar-refractivity contribution in [2.75, 3.05) is 0 Å². The third-order valence-electron chi connectivity index (χ3n) is 1.91. The van der Waals surface area contributed by atoms with E-state index in [0.717, 1.165) is 0 Å². The Morgan fingerprint density at radius 3 is 2.93 bits per heavy atom. The number of aromatic nitrogens is 2. The summed E-state index contributed by atoms with van der Waals surface area (Å²) in [7, 11) is 0. The van der Waals surface area contributed by atoms with Gasteiger partial charge in [0, 0.05) is 6.07 Å². The monoisotopic (exact) mass is 255 g/mol. The average molecular weight is 256 g/mol. The van der Waals surface area contributed by atoms with E-state index in [1.165, 1.54) is 4.40 Å². The lowest BCUT2D eigenvalue weighted by Gasteiger charge is -1.95. The number of nitro groups is 1. The van der Waals surface area contributed by atoms with E-state index in [9.17, 15) is 10.1 Å². The quantitative estimate of drug-likeness (QED) is 0.447. The Labute approximate surface area is 87.7 Å². The van der Waals surface area contributed by atoms with E-state index < -0.39 is 4.92 Å². The third kappa shape index (κ3) is 1.19. The number of pyridine rings is 1. The van der Waals surface area contributed by atoms with Crippen LogP contribution in [0.4, 0.5) is 5.82 Å². The van der Waals surface area contributed by atoms with Gasteiger partial charge < -0.3 is 10.1 Å². The molecule has 2 aromatic rings. The van der Waals surface area contributed by atoms with Crippen molar-refractivity contribution in [3.8, 4) is 0 Å². The summed E-state index contributed by atoms with van der Waals surface area (Å²) in [6.07, 6.45) is 0. The van der Waals surface area contributed by atoms with Crippen LogP contribution in [0.2, 0.25) is 0 Å². The van der Waals surface area contributed by atoms with Gasteiger partial charge in [-0.3, -0.25) is 0 Å². The molecule has 0 fully saturated rings. The molecule has 72 valence electrons. The number of nitrogens with zero attached hydrogens (tertiary/aromatic N) is 3. The minimum absolute atomic E-state index is 0.00692. The van der Waals surface area contributed by atoms with Crippen molar-refractivity contribution in [3.05, 3.63) is 38.6 Å². The van der Waals surface area contributed by atoms with Crippen LogP contribution in [0.25, 0.3) is 5.65 Å². The fourth-order valence-corrected chi connectivity index (χ4v) is 1.87. The van der Waals surface area contributed by atoms with E-state index >= 15 is 0 Å². The highest BCUT2D eigenvalue weighted by Gasteiger charge is 2.20. The van der Waals surface area contributed by atoms with E-state index in [4.69, 9.17) is 0 Å². The van der Waals surface area contributed by atoms with Gasteiger partial charge in [0.2, 0.25) is 5.65 Å². The molecule has 5 nitrogen and oxygen atoms in total. The van der Waals surface area contributed by atoms with E-state index in [1.807, 2.05) is 0 Å². The lowest BCUT2D eigenvalue weighted by atomic mass is 10.5. The number of rotatable bonds is 1.